The number of likely N-dealkylation sites (tertiary alicyclic amines) is 2. The van der Waals surface area contributed by atoms with E-state index in [2.05, 4.69) is 15.9 Å². The molecule has 1 aliphatic carbocycles. The predicted octanol–water partition coefficient (Wildman–Crippen LogP) is 3.21. The van der Waals surface area contributed by atoms with E-state index in [4.69, 9.17) is 0 Å². The second kappa shape index (κ2) is 7.44. The van der Waals surface area contributed by atoms with Gasteiger partial charge in [0.2, 0.25) is 5.91 Å². The zero-order chi connectivity index (χ0) is 14.5. The number of amides is 1. The van der Waals surface area contributed by atoms with E-state index < -0.39 is 0 Å². The summed E-state index contributed by atoms with van der Waals surface area (Å²) in [6.07, 6.45) is 13.3. The molecule has 0 aromatic rings. The van der Waals surface area contributed by atoms with Gasteiger partial charge >= 0.3 is 0 Å². The van der Waals surface area contributed by atoms with Crippen LogP contribution in [0.2, 0.25) is 0 Å². The van der Waals surface area contributed by atoms with E-state index in [1.165, 1.54) is 70.2 Å². The van der Waals surface area contributed by atoms with Crippen LogP contribution in [-0.2, 0) is 4.79 Å². The first-order valence-electron chi connectivity index (χ1n) is 8.99. The largest absolute Gasteiger partial charge is 0.342 e. The van der Waals surface area contributed by atoms with Gasteiger partial charge in [0.15, 0.2) is 0 Å². The SMILES string of the molecule is O=C(CC1=CCCCC1)N1CC[C@H](CN2CCCCC2)C1. The number of carbonyl (C=O) groups excluding carboxylic acids is 1. The minimum Gasteiger partial charge on any atom is -0.342 e. The number of nitrogens with zero attached hydrogens (tertiary/aromatic N) is 2. The van der Waals surface area contributed by atoms with Gasteiger partial charge in [-0.1, -0.05) is 18.1 Å². The van der Waals surface area contributed by atoms with Crippen LogP contribution in [0.25, 0.3) is 0 Å². The van der Waals surface area contributed by atoms with E-state index in [-0.39, 0.29) is 0 Å². The standard InChI is InChI=1S/C18H30N2O/c21-18(13-16-7-3-1-4-8-16)20-12-9-17(15-20)14-19-10-5-2-6-11-19/h7,17H,1-6,8-15H2/t17-/m1/s1. The predicted molar refractivity (Wildman–Crippen MR) is 86.1 cm³/mol. The molecule has 2 fully saturated rings. The molecule has 3 heteroatoms. The monoisotopic (exact) mass is 290 g/mol. The van der Waals surface area contributed by atoms with Crippen molar-refractivity contribution in [2.45, 2.75) is 57.8 Å². The van der Waals surface area contributed by atoms with E-state index in [1.54, 1.807) is 0 Å². The van der Waals surface area contributed by atoms with Crippen LogP contribution in [0.1, 0.15) is 57.8 Å². The lowest BCUT2D eigenvalue weighted by Gasteiger charge is -2.29. The number of hydrogen-bond donors (Lipinski definition) is 0. The third kappa shape index (κ3) is 4.32. The fraction of sp³-hybridized carbons (Fsp3) is 0.833. The topological polar surface area (TPSA) is 23.6 Å². The first-order chi connectivity index (χ1) is 10.3. The van der Waals surface area contributed by atoms with Crippen LogP contribution in [0.5, 0.6) is 0 Å². The molecule has 0 unspecified atom stereocenters. The molecule has 1 atom stereocenters. The van der Waals surface area contributed by atoms with Gasteiger partial charge in [0.25, 0.3) is 0 Å². The highest BCUT2D eigenvalue weighted by Crippen LogP contribution is 2.24. The van der Waals surface area contributed by atoms with Gasteiger partial charge in [-0.2, -0.15) is 0 Å². The Labute approximate surface area is 129 Å². The van der Waals surface area contributed by atoms with Crippen molar-refractivity contribution in [1.29, 1.82) is 0 Å². The minimum absolute atomic E-state index is 0.379. The molecule has 2 saturated heterocycles. The smallest absolute Gasteiger partial charge is 0.226 e. The lowest BCUT2D eigenvalue weighted by molar-refractivity contribution is -0.129. The minimum atomic E-state index is 0.379. The van der Waals surface area contributed by atoms with Crippen molar-refractivity contribution < 1.29 is 4.79 Å². The molecule has 1 amide bonds. The van der Waals surface area contributed by atoms with E-state index in [0.29, 0.717) is 18.2 Å². The van der Waals surface area contributed by atoms with Gasteiger partial charge < -0.3 is 9.80 Å². The number of rotatable bonds is 4. The molecule has 0 saturated carbocycles. The number of allylic oxidation sites excluding steroid dienone is 1. The zero-order valence-electron chi connectivity index (χ0n) is 13.4. The van der Waals surface area contributed by atoms with Gasteiger partial charge in [0.1, 0.15) is 0 Å². The molecular formula is C18H30N2O. The Balaban J connectivity index is 1.42. The Hall–Kier alpha value is -0.830. The molecule has 2 aliphatic heterocycles. The van der Waals surface area contributed by atoms with Crippen molar-refractivity contribution in [3.63, 3.8) is 0 Å². The second-order valence-corrected chi connectivity index (χ2v) is 7.14. The Morgan fingerprint density at radius 1 is 1.10 bits per heavy atom. The molecule has 118 valence electrons. The summed E-state index contributed by atoms with van der Waals surface area (Å²) < 4.78 is 0. The third-order valence-corrected chi connectivity index (χ3v) is 5.37. The van der Waals surface area contributed by atoms with Crippen LogP contribution in [0, 0.1) is 5.92 Å². The Kier molecular flexibility index (Phi) is 5.34. The van der Waals surface area contributed by atoms with Crippen LogP contribution in [0.15, 0.2) is 11.6 Å². The summed E-state index contributed by atoms with van der Waals surface area (Å²) in [7, 11) is 0. The quantitative estimate of drug-likeness (QED) is 0.742. The van der Waals surface area contributed by atoms with Crippen molar-refractivity contribution in [3.05, 3.63) is 11.6 Å². The van der Waals surface area contributed by atoms with Crippen LogP contribution in [0.3, 0.4) is 0 Å². The summed E-state index contributed by atoms with van der Waals surface area (Å²) in [5, 5.41) is 0. The molecular weight excluding hydrogens is 260 g/mol. The second-order valence-electron chi connectivity index (χ2n) is 7.14. The van der Waals surface area contributed by atoms with Crippen molar-refractivity contribution in [2.24, 2.45) is 5.92 Å². The van der Waals surface area contributed by atoms with Gasteiger partial charge in [0, 0.05) is 26.1 Å². The summed E-state index contributed by atoms with van der Waals surface area (Å²) >= 11 is 0. The van der Waals surface area contributed by atoms with Crippen LogP contribution >= 0.6 is 0 Å². The molecule has 3 rings (SSSR count). The molecule has 0 radical (unpaired) electrons. The average molecular weight is 290 g/mol. The normalized spacial score (nSPS) is 27.7. The maximum Gasteiger partial charge on any atom is 0.226 e. The van der Waals surface area contributed by atoms with Gasteiger partial charge in [-0.25, -0.2) is 0 Å². The van der Waals surface area contributed by atoms with Crippen molar-refractivity contribution in [3.8, 4) is 0 Å². The van der Waals surface area contributed by atoms with Gasteiger partial charge in [-0.15, -0.1) is 0 Å². The Morgan fingerprint density at radius 3 is 2.71 bits per heavy atom. The van der Waals surface area contributed by atoms with Gasteiger partial charge in [-0.05, 0) is 64.0 Å². The summed E-state index contributed by atoms with van der Waals surface area (Å²) in [6, 6.07) is 0. The van der Waals surface area contributed by atoms with E-state index in [0.717, 1.165) is 19.5 Å². The number of piperidine rings is 1. The van der Waals surface area contributed by atoms with E-state index in [9.17, 15) is 4.79 Å². The first kappa shape index (κ1) is 15.1. The molecule has 0 aromatic heterocycles. The summed E-state index contributed by atoms with van der Waals surface area (Å²) in [4.78, 5) is 17.2. The average Bonchev–Trinajstić information content (AvgIpc) is 2.98. The third-order valence-electron chi connectivity index (χ3n) is 5.37. The number of hydrogen-bond acceptors (Lipinski definition) is 2. The molecule has 3 aliphatic rings. The highest BCUT2D eigenvalue weighted by molar-refractivity contribution is 5.79. The van der Waals surface area contributed by atoms with Crippen molar-refractivity contribution in [2.75, 3.05) is 32.7 Å². The lowest BCUT2D eigenvalue weighted by atomic mass is 9.97. The molecule has 21 heavy (non-hydrogen) atoms. The van der Waals surface area contributed by atoms with Crippen LogP contribution < -0.4 is 0 Å². The number of carbonyl (C=O) groups is 1. The fourth-order valence-corrected chi connectivity index (χ4v) is 4.09. The highest BCUT2D eigenvalue weighted by Gasteiger charge is 2.28. The summed E-state index contributed by atoms with van der Waals surface area (Å²) in [5.74, 6) is 1.09. The first-order valence-corrected chi connectivity index (χ1v) is 8.99. The maximum atomic E-state index is 12.4. The highest BCUT2D eigenvalue weighted by atomic mass is 16.2. The Bertz CT molecular complexity index is 385. The van der Waals surface area contributed by atoms with Crippen molar-refractivity contribution in [1.82, 2.24) is 9.80 Å². The molecule has 0 N–H and O–H groups in total. The molecule has 0 aromatic carbocycles. The maximum absolute atomic E-state index is 12.4. The molecule has 3 nitrogen and oxygen atoms in total. The Morgan fingerprint density at radius 2 is 1.95 bits per heavy atom. The molecule has 0 bridgehead atoms. The molecule has 0 spiro atoms. The van der Waals surface area contributed by atoms with Gasteiger partial charge in [0.05, 0.1) is 0 Å². The summed E-state index contributed by atoms with van der Waals surface area (Å²) in [5.41, 5.74) is 1.39. The van der Waals surface area contributed by atoms with Crippen LogP contribution in [0.4, 0.5) is 0 Å². The van der Waals surface area contributed by atoms with Crippen LogP contribution in [-0.4, -0.2) is 48.4 Å². The van der Waals surface area contributed by atoms with Crippen molar-refractivity contribution >= 4 is 5.91 Å². The summed E-state index contributed by atoms with van der Waals surface area (Å²) in [6.45, 7) is 5.76. The lowest BCUT2D eigenvalue weighted by Crippen LogP contribution is -2.36. The van der Waals surface area contributed by atoms with Gasteiger partial charge in [-0.3, -0.25) is 4.79 Å². The van der Waals surface area contributed by atoms with E-state index in [1.807, 2.05) is 0 Å². The van der Waals surface area contributed by atoms with E-state index >= 15 is 0 Å². The zero-order valence-corrected chi connectivity index (χ0v) is 13.4. The fourth-order valence-electron chi connectivity index (χ4n) is 4.09. The molecule has 2 heterocycles.